The van der Waals surface area contributed by atoms with Gasteiger partial charge in [-0.1, -0.05) is 0 Å². The third-order valence-electron chi connectivity index (χ3n) is 2.00. The lowest BCUT2D eigenvalue weighted by Crippen LogP contribution is -1.99. The molecule has 0 aliphatic carbocycles. The Hall–Kier alpha value is -0.960. The maximum Gasteiger partial charge on any atom is 0.134 e. The lowest BCUT2D eigenvalue weighted by atomic mass is 10.1. The van der Waals surface area contributed by atoms with Crippen molar-refractivity contribution in [1.82, 2.24) is 0 Å². The van der Waals surface area contributed by atoms with Gasteiger partial charge in [-0.25, -0.2) is 0 Å². The van der Waals surface area contributed by atoms with E-state index in [1.54, 1.807) is 18.7 Å². The van der Waals surface area contributed by atoms with Crippen molar-refractivity contribution in [3.63, 3.8) is 0 Å². The van der Waals surface area contributed by atoms with Crippen LogP contribution in [0.1, 0.15) is 19.4 Å². The van der Waals surface area contributed by atoms with Crippen LogP contribution in [0.4, 0.5) is 0 Å². The number of ether oxygens (including phenoxy) is 1. The zero-order chi connectivity index (χ0) is 11.3. The van der Waals surface area contributed by atoms with Gasteiger partial charge in [0.15, 0.2) is 0 Å². The lowest BCUT2D eigenvalue weighted by Gasteiger charge is -2.09. The molecule has 0 bridgehead atoms. The Morgan fingerprint density at radius 1 is 1.47 bits per heavy atom. The summed E-state index contributed by atoms with van der Waals surface area (Å²) in [4.78, 5) is 12.2. The average molecular weight is 224 g/mol. The average Bonchev–Trinajstić information content (AvgIpc) is 2.18. The monoisotopic (exact) mass is 224 g/mol. The maximum atomic E-state index is 11.1. The lowest BCUT2D eigenvalue weighted by molar-refractivity contribution is -0.116. The molecule has 1 aromatic rings. The third-order valence-corrected chi connectivity index (χ3v) is 2.84. The highest BCUT2D eigenvalue weighted by molar-refractivity contribution is 7.98. The number of carbonyl (C=O) groups is 1. The predicted molar refractivity (Wildman–Crippen MR) is 63.8 cm³/mol. The zero-order valence-electron chi connectivity index (χ0n) is 9.37. The van der Waals surface area contributed by atoms with Crippen LogP contribution in [0.2, 0.25) is 0 Å². The minimum atomic E-state index is 0.180. The number of benzene rings is 1. The normalized spacial score (nSPS) is 10.1. The Morgan fingerprint density at radius 3 is 2.73 bits per heavy atom. The minimum absolute atomic E-state index is 0.180. The van der Waals surface area contributed by atoms with E-state index < -0.39 is 0 Å². The van der Waals surface area contributed by atoms with E-state index in [2.05, 4.69) is 0 Å². The molecule has 82 valence electrons. The van der Waals surface area contributed by atoms with Gasteiger partial charge in [0.05, 0.1) is 6.61 Å². The van der Waals surface area contributed by atoms with Gasteiger partial charge in [-0.05, 0) is 43.9 Å². The fourth-order valence-electron chi connectivity index (χ4n) is 1.42. The smallest absolute Gasteiger partial charge is 0.134 e. The van der Waals surface area contributed by atoms with E-state index in [9.17, 15) is 4.79 Å². The van der Waals surface area contributed by atoms with Crippen molar-refractivity contribution < 1.29 is 9.53 Å². The summed E-state index contributed by atoms with van der Waals surface area (Å²) in [5.41, 5.74) is 1.06. The quantitative estimate of drug-likeness (QED) is 0.719. The molecule has 0 saturated carbocycles. The van der Waals surface area contributed by atoms with Crippen molar-refractivity contribution >= 4 is 17.5 Å². The van der Waals surface area contributed by atoms with Crippen LogP contribution in [0.5, 0.6) is 5.75 Å². The molecule has 0 unspecified atom stereocenters. The second kappa shape index (κ2) is 5.81. The fourth-order valence-corrected chi connectivity index (χ4v) is 2.02. The molecule has 0 aliphatic heterocycles. The highest BCUT2D eigenvalue weighted by Gasteiger charge is 2.06. The Bertz CT molecular complexity index is 347. The summed E-state index contributed by atoms with van der Waals surface area (Å²) in [5, 5.41) is 0. The molecule has 0 N–H and O–H groups in total. The van der Waals surface area contributed by atoms with E-state index in [-0.39, 0.29) is 5.78 Å². The Labute approximate surface area is 95.0 Å². The molecular weight excluding hydrogens is 208 g/mol. The van der Waals surface area contributed by atoms with Crippen LogP contribution < -0.4 is 4.74 Å². The van der Waals surface area contributed by atoms with Gasteiger partial charge < -0.3 is 4.74 Å². The Morgan fingerprint density at radius 2 is 2.20 bits per heavy atom. The predicted octanol–water partition coefficient (Wildman–Crippen LogP) is 2.94. The molecule has 1 rings (SSSR count). The number of rotatable bonds is 5. The van der Waals surface area contributed by atoms with Gasteiger partial charge in [0.1, 0.15) is 11.5 Å². The topological polar surface area (TPSA) is 26.3 Å². The standard InChI is InChI=1S/C12H16O2S/c1-4-14-11-5-6-12(15-3)10(8-11)7-9(2)13/h5-6,8H,4,7H2,1-3H3. The molecule has 0 radical (unpaired) electrons. The molecule has 3 heteroatoms. The molecule has 0 aromatic heterocycles. The summed E-state index contributed by atoms with van der Waals surface area (Å²) in [5.74, 6) is 1.02. The number of ketones is 1. The number of Topliss-reactive ketones (excluding diaryl/α,β-unsaturated/α-hetero) is 1. The molecule has 2 nitrogen and oxygen atoms in total. The SMILES string of the molecule is CCOc1ccc(SC)c(CC(C)=O)c1. The van der Waals surface area contributed by atoms with E-state index in [1.807, 2.05) is 31.4 Å². The van der Waals surface area contributed by atoms with Crippen molar-refractivity contribution in [2.24, 2.45) is 0 Å². The second-order valence-corrected chi connectivity index (χ2v) is 4.13. The van der Waals surface area contributed by atoms with E-state index in [4.69, 9.17) is 4.74 Å². The molecule has 0 fully saturated rings. The summed E-state index contributed by atoms with van der Waals surface area (Å²) in [7, 11) is 0. The Balaban J connectivity index is 2.96. The largest absolute Gasteiger partial charge is 0.494 e. The first-order valence-corrected chi connectivity index (χ1v) is 6.19. The van der Waals surface area contributed by atoms with E-state index in [0.717, 1.165) is 16.2 Å². The second-order valence-electron chi connectivity index (χ2n) is 3.29. The first-order chi connectivity index (χ1) is 7.17. The van der Waals surface area contributed by atoms with Crippen molar-refractivity contribution in [3.05, 3.63) is 23.8 Å². The van der Waals surface area contributed by atoms with Crippen LogP contribution in [0.25, 0.3) is 0 Å². The molecule has 0 saturated heterocycles. The molecule has 1 aromatic carbocycles. The highest BCUT2D eigenvalue weighted by atomic mass is 32.2. The number of hydrogen-bond donors (Lipinski definition) is 0. The zero-order valence-corrected chi connectivity index (χ0v) is 10.2. The number of carbonyl (C=O) groups excluding carboxylic acids is 1. The highest BCUT2D eigenvalue weighted by Crippen LogP contribution is 2.25. The number of hydrogen-bond acceptors (Lipinski definition) is 3. The summed E-state index contributed by atoms with van der Waals surface area (Å²) >= 11 is 1.66. The van der Waals surface area contributed by atoms with E-state index in [0.29, 0.717) is 13.0 Å². The third kappa shape index (κ3) is 3.59. The Kier molecular flexibility index (Phi) is 4.69. The van der Waals surface area contributed by atoms with Crippen LogP contribution in [-0.4, -0.2) is 18.6 Å². The minimum Gasteiger partial charge on any atom is -0.494 e. The van der Waals surface area contributed by atoms with Crippen LogP contribution in [0.3, 0.4) is 0 Å². The van der Waals surface area contributed by atoms with Crippen molar-refractivity contribution in [2.45, 2.75) is 25.2 Å². The first-order valence-electron chi connectivity index (χ1n) is 4.96. The molecule has 0 aliphatic rings. The van der Waals surface area contributed by atoms with E-state index >= 15 is 0 Å². The van der Waals surface area contributed by atoms with Gasteiger partial charge in [-0.2, -0.15) is 0 Å². The maximum absolute atomic E-state index is 11.1. The molecule has 0 amide bonds. The number of thioether (sulfide) groups is 1. The van der Waals surface area contributed by atoms with Gasteiger partial charge in [-0.3, -0.25) is 4.79 Å². The van der Waals surface area contributed by atoms with Gasteiger partial charge in [0.2, 0.25) is 0 Å². The summed E-state index contributed by atoms with van der Waals surface area (Å²) < 4.78 is 5.41. The fraction of sp³-hybridized carbons (Fsp3) is 0.417. The molecule has 0 spiro atoms. The molecular formula is C12H16O2S. The van der Waals surface area contributed by atoms with Crippen molar-refractivity contribution in [3.8, 4) is 5.75 Å². The molecule has 0 atom stereocenters. The van der Waals surface area contributed by atoms with E-state index in [1.165, 1.54) is 0 Å². The first kappa shape index (κ1) is 12.1. The van der Waals surface area contributed by atoms with Gasteiger partial charge >= 0.3 is 0 Å². The van der Waals surface area contributed by atoms with Crippen molar-refractivity contribution in [2.75, 3.05) is 12.9 Å². The van der Waals surface area contributed by atoms with Crippen LogP contribution in [0, 0.1) is 0 Å². The van der Waals surface area contributed by atoms with Crippen molar-refractivity contribution in [1.29, 1.82) is 0 Å². The van der Waals surface area contributed by atoms with Crippen LogP contribution >= 0.6 is 11.8 Å². The molecule has 15 heavy (non-hydrogen) atoms. The van der Waals surface area contributed by atoms with Gasteiger partial charge in [0, 0.05) is 11.3 Å². The van der Waals surface area contributed by atoms with Crippen LogP contribution in [0.15, 0.2) is 23.1 Å². The van der Waals surface area contributed by atoms with Gasteiger partial charge in [-0.15, -0.1) is 11.8 Å². The summed E-state index contributed by atoms with van der Waals surface area (Å²) in [6, 6.07) is 5.91. The summed E-state index contributed by atoms with van der Waals surface area (Å²) in [6.07, 6.45) is 2.50. The molecule has 0 heterocycles. The van der Waals surface area contributed by atoms with Gasteiger partial charge in [0.25, 0.3) is 0 Å². The summed E-state index contributed by atoms with van der Waals surface area (Å²) in [6.45, 7) is 4.21. The van der Waals surface area contributed by atoms with Crippen LogP contribution in [-0.2, 0) is 11.2 Å².